The molecule has 4 rings (SSSR count). The lowest BCUT2D eigenvalue weighted by Gasteiger charge is -2.43. The Kier molecular flexibility index (Phi) is 6.87. The number of hydrogen-bond donors (Lipinski definition) is 0. The highest BCUT2D eigenvalue weighted by molar-refractivity contribution is 6.99. The van der Waals surface area contributed by atoms with Crippen LogP contribution in [0.25, 0.3) is 0 Å². The molecule has 0 unspecified atom stereocenters. The highest BCUT2D eigenvalue weighted by Crippen LogP contribution is 2.37. The zero-order valence-corrected chi connectivity index (χ0v) is 21.5. The highest BCUT2D eigenvalue weighted by Gasteiger charge is 2.50. The molecule has 1 atom stereocenters. The summed E-state index contributed by atoms with van der Waals surface area (Å²) in [6.45, 7) is 9.84. The molecule has 3 aromatic rings. The molecule has 1 heterocycles. The zero-order valence-electron chi connectivity index (χ0n) is 20.5. The Balaban J connectivity index is 1.52. The molecule has 0 bridgehead atoms. The van der Waals surface area contributed by atoms with Crippen molar-refractivity contribution in [3.8, 4) is 0 Å². The molecule has 2 amide bonds. The van der Waals surface area contributed by atoms with Crippen LogP contribution in [0.5, 0.6) is 0 Å². The van der Waals surface area contributed by atoms with E-state index in [1.54, 1.807) is 24.3 Å². The van der Waals surface area contributed by atoms with Gasteiger partial charge in [-0.1, -0.05) is 100 Å². The number of nitrogens with zero attached hydrogens (tertiary/aromatic N) is 1. The first-order valence-electron chi connectivity index (χ1n) is 12.0. The number of hydrogen-bond acceptors (Lipinski definition) is 3. The van der Waals surface area contributed by atoms with Crippen molar-refractivity contribution in [3.63, 3.8) is 0 Å². The van der Waals surface area contributed by atoms with Crippen molar-refractivity contribution in [2.75, 3.05) is 13.2 Å². The molecule has 0 saturated heterocycles. The van der Waals surface area contributed by atoms with Gasteiger partial charge in [-0.05, 0) is 39.9 Å². The van der Waals surface area contributed by atoms with Gasteiger partial charge in [0.1, 0.15) is 0 Å². The first kappa shape index (κ1) is 24.1. The first-order valence-corrected chi connectivity index (χ1v) is 13.9. The van der Waals surface area contributed by atoms with E-state index in [-0.39, 0.29) is 22.8 Å². The fourth-order valence-corrected chi connectivity index (χ4v) is 9.56. The fourth-order valence-electron chi connectivity index (χ4n) is 4.98. The largest absolute Gasteiger partial charge is 0.407 e. The molecular weight excluding hydrogens is 438 g/mol. The number of fused-ring (bicyclic) bond motifs is 1. The van der Waals surface area contributed by atoms with Gasteiger partial charge in [0.15, 0.2) is 0 Å². The van der Waals surface area contributed by atoms with Gasteiger partial charge in [0.2, 0.25) is 0 Å². The van der Waals surface area contributed by atoms with Crippen LogP contribution in [-0.2, 0) is 4.43 Å². The molecule has 3 aromatic carbocycles. The maximum atomic E-state index is 12.8. The lowest BCUT2D eigenvalue weighted by molar-refractivity contribution is 0.0625. The van der Waals surface area contributed by atoms with E-state index in [1.165, 1.54) is 15.3 Å². The summed E-state index contributed by atoms with van der Waals surface area (Å²) in [6, 6.07) is 28.2. The molecule has 0 spiro atoms. The average Bonchev–Trinajstić information content (AvgIpc) is 3.07. The summed E-state index contributed by atoms with van der Waals surface area (Å²) in [5.74, 6) is -0.263. The van der Waals surface area contributed by atoms with Gasteiger partial charge in [0.25, 0.3) is 20.1 Å². The molecule has 1 aliphatic rings. The molecule has 34 heavy (non-hydrogen) atoms. The van der Waals surface area contributed by atoms with E-state index >= 15 is 0 Å². The van der Waals surface area contributed by atoms with Crippen LogP contribution < -0.4 is 10.4 Å². The summed E-state index contributed by atoms with van der Waals surface area (Å²) in [6.07, 6.45) is 0.762. The number of benzene rings is 3. The van der Waals surface area contributed by atoms with Crippen LogP contribution in [0.2, 0.25) is 5.04 Å². The molecule has 0 N–H and O–H groups in total. The second-order valence-electron chi connectivity index (χ2n) is 10.2. The maximum absolute atomic E-state index is 12.8. The van der Waals surface area contributed by atoms with E-state index in [1.807, 2.05) is 12.1 Å². The number of amides is 2. The highest BCUT2D eigenvalue weighted by atomic mass is 28.4. The van der Waals surface area contributed by atoms with Crippen LogP contribution in [0.15, 0.2) is 84.9 Å². The van der Waals surface area contributed by atoms with Crippen LogP contribution in [0.1, 0.15) is 54.8 Å². The van der Waals surface area contributed by atoms with Gasteiger partial charge in [0, 0.05) is 13.2 Å². The van der Waals surface area contributed by atoms with E-state index in [2.05, 4.69) is 76.2 Å². The smallest absolute Gasteiger partial charge is 0.261 e. The van der Waals surface area contributed by atoms with Gasteiger partial charge in [0.05, 0.1) is 11.1 Å². The van der Waals surface area contributed by atoms with Crippen LogP contribution >= 0.6 is 0 Å². The molecule has 5 heteroatoms. The second kappa shape index (κ2) is 9.69. The van der Waals surface area contributed by atoms with Crippen molar-refractivity contribution in [1.29, 1.82) is 0 Å². The Morgan fingerprint density at radius 2 is 1.21 bits per heavy atom. The van der Waals surface area contributed by atoms with Gasteiger partial charge in [-0.2, -0.15) is 0 Å². The number of rotatable bonds is 8. The monoisotopic (exact) mass is 471 g/mol. The van der Waals surface area contributed by atoms with Gasteiger partial charge >= 0.3 is 0 Å². The van der Waals surface area contributed by atoms with Crippen LogP contribution in [0, 0.1) is 5.92 Å². The minimum absolute atomic E-state index is 0.0819. The summed E-state index contributed by atoms with van der Waals surface area (Å²) >= 11 is 0. The SMILES string of the molecule is C[C@H](CCO[Si](c1ccccc1)(c1ccccc1)C(C)(C)C)CN1C(=O)c2ccccc2C1=O. The Bertz CT molecular complexity index is 1080. The van der Waals surface area contributed by atoms with Gasteiger partial charge in [-0.25, -0.2) is 0 Å². The van der Waals surface area contributed by atoms with E-state index in [0.717, 1.165) is 6.42 Å². The standard InChI is InChI=1S/C29H33NO3Si/c1-22(21-30-27(31)25-17-11-12-18-26(25)28(30)32)19-20-33-34(29(2,3)4,23-13-7-5-8-14-23)24-15-9-6-10-16-24/h5-18,22H,19-21H2,1-4H3/t22-/m1/s1. The fraction of sp³-hybridized carbons (Fsp3) is 0.310. The normalized spacial score (nSPS) is 14.9. The Labute approximate surface area is 203 Å². The molecule has 0 saturated carbocycles. The van der Waals surface area contributed by atoms with E-state index in [0.29, 0.717) is 24.3 Å². The molecule has 0 aromatic heterocycles. The van der Waals surface area contributed by atoms with Crippen molar-refractivity contribution < 1.29 is 14.0 Å². The van der Waals surface area contributed by atoms with E-state index in [4.69, 9.17) is 4.43 Å². The molecule has 1 aliphatic heterocycles. The first-order chi connectivity index (χ1) is 16.3. The zero-order chi connectivity index (χ0) is 24.3. The van der Waals surface area contributed by atoms with E-state index < -0.39 is 8.32 Å². The van der Waals surface area contributed by atoms with Gasteiger partial charge in [-0.15, -0.1) is 0 Å². The van der Waals surface area contributed by atoms with Crippen LogP contribution in [-0.4, -0.2) is 38.2 Å². The number of imide groups is 1. The molecule has 0 fully saturated rings. The predicted molar refractivity (Wildman–Crippen MR) is 139 cm³/mol. The molecule has 0 aliphatic carbocycles. The average molecular weight is 472 g/mol. The van der Waals surface area contributed by atoms with Crippen molar-refractivity contribution in [3.05, 3.63) is 96.1 Å². The van der Waals surface area contributed by atoms with Crippen molar-refractivity contribution in [1.82, 2.24) is 4.90 Å². The summed E-state index contributed by atoms with van der Waals surface area (Å²) in [7, 11) is -2.59. The summed E-state index contributed by atoms with van der Waals surface area (Å²) in [4.78, 5) is 26.9. The van der Waals surface area contributed by atoms with Crippen LogP contribution in [0.3, 0.4) is 0 Å². The van der Waals surface area contributed by atoms with Crippen LogP contribution in [0.4, 0.5) is 0 Å². The van der Waals surface area contributed by atoms with Gasteiger partial charge < -0.3 is 4.43 Å². The molecular formula is C29H33NO3Si. The Morgan fingerprint density at radius 1 is 0.765 bits per heavy atom. The topological polar surface area (TPSA) is 46.6 Å². The lowest BCUT2D eigenvalue weighted by atomic mass is 10.1. The predicted octanol–water partition coefficient (Wildman–Crippen LogP) is 4.89. The van der Waals surface area contributed by atoms with Crippen molar-refractivity contribution >= 4 is 30.5 Å². The van der Waals surface area contributed by atoms with Gasteiger partial charge in [-0.3, -0.25) is 14.5 Å². The minimum Gasteiger partial charge on any atom is -0.407 e. The number of carbonyl (C=O) groups is 2. The second-order valence-corrected chi connectivity index (χ2v) is 14.5. The third kappa shape index (κ3) is 4.38. The molecule has 0 radical (unpaired) electrons. The Hall–Kier alpha value is -3.02. The molecule has 176 valence electrons. The summed E-state index contributed by atoms with van der Waals surface area (Å²) in [5, 5.41) is 2.42. The lowest BCUT2D eigenvalue weighted by Crippen LogP contribution is -2.66. The van der Waals surface area contributed by atoms with E-state index in [9.17, 15) is 9.59 Å². The van der Waals surface area contributed by atoms with Crippen molar-refractivity contribution in [2.45, 2.75) is 39.2 Å². The summed E-state index contributed by atoms with van der Waals surface area (Å²) in [5.41, 5.74) is 1.01. The number of carbonyl (C=O) groups excluding carboxylic acids is 2. The molecule has 4 nitrogen and oxygen atoms in total. The third-order valence-electron chi connectivity index (χ3n) is 6.72. The third-order valence-corrected chi connectivity index (χ3v) is 11.8. The minimum atomic E-state index is -2.59. The quantitative estimate of drug-likeness (QED) is 0.347. The Morgan fingerprint density at radius 3 is 1.65 bits per heavy atom. The van der Waals surface area contributed by atoms with Crippen molar-refractivity contribution in [2.24, 2.45) is 5.92 Å². The maximum Gasteiger partial charge on any atom is 0.261 e. The summed E-state index contributed by atoms with van der Waals surface area (Å²) < 4.78 is 6.97.